The van der Waals surface area contributed by atoms with Gasteiger partial charge < -0.3 is 10.8 Å². The maximum absolute atomic E-state index is 8.87. The molecule has 0 aromatic heterocycles. The van der Waals surface area contributed by atoms with Crippen LogP contribution in [0.2, 0.25) is 5.02 Å². The van der Waals surface area contributed by atoms with Gasteiger partial charge in [-0.2, -0.15) is 0 Å². The van der Waals surface area contributed by atoms with E-state index in [0.717, 1.165) is 16.1 Å². The molecule has 0 aliphatic heterocycles. The highest BCUT2D eigenvalue weighted by molar-refractivity contribution is 6.31. The van der Waals surface area contributed by atoms with Crippen molar-refractivity contribution in [1.82, 2.24) is 0 Å². The molecular weight excluding hydrogens is 198 g/mol. The van der Waals surface area contributed by atoms with Crippen LogP contribution in [0.1, 0.15) is 24.5 Å². The van der Waals surface area contributed by atoms with Crippen molar-refractivity contribution in [2.24, 2.45) is 5.73 Å². The standard InChI is InChI=1S/C11H16ClNO/c1-8-3-4-9(7-10(8)12)11(2,13)5-6-14/h3-4,7,14H,5-6,13H2,1-2H3/t11-/m0/s1. The molecule has 0 unspecified atom stereocenters. The average molecular weight is 214 g/mol. The topological polar surface area (TPSA) is 46.2 Å². The van der Waals surface area contributed by atoms with Gasteiger partial charge in [-0.3, -0.25) is 0 Å². The van der Waals surface area contributed by atoms with E-state index < -0.39 is 5.54 Å². The third kappa shape index (κ3) is 2.47. The molecule has 3 N–H and O–H groups in total. The summed E-state index contributed by atoms with van der Waals surface area (Å²) in [5.41, 5.74) is 7.54. The van der Waals surface area contributed by atoms with Crippen LogP contribution in [0.4, 0.5) is 0 Å². The van der Waals surface area contributed by atoms with E-state index >= 15 is 0 Å². The molecule has 78 valence electrons. The van der Waals surface area contributed by atoms with Gasteiger partial charge in [0.25, 0.3) is 0 Å². The van der Waals surface area contributed by atoms with Crippen molar-refractivity contribution in [3.63, 3.8) is 0 Å². The van der Waals surface area contributed by atoms with Gasteiger partial charge >= 0.3 is 0 Å². The summed E-state index contributed by atoms with van der Waals surface area (Å²) in [5.74, 6) is 0. The molecule has 2 nitrogen and oxygen atoms in total. The van der Waals surface area contributed by atoms with E-state index in [1.54, 1.807) is 0 Å². The molecule has 0 spiro atoms. The monoisotopic (exact) mass is 213 g/mol. The average Bonchev–Trinajstić information content (AvgIpc) is 2.09. The minimum absolute atomic E-state index is 0.0818. The molecule has 0 bridgehead atoms. The Labute approximate surface area is 89.7 Å². The highest BCUT2D eigenvalue weighted by atomic mass is 35.5. The van der Waals surface area contributed by atoms with Gasteiger partial charge in [-0.1, -0.05) is 23.7 Å². The number of aryl methyl sites for hydroxylation is 1. The van der Waals surface area contributed by atoms with Crippen LogP contribution in [-0.4, -0.2) is 11.7 Å². The second kappa shape index (κ2) is 4.30. The first-order valence-corrected chi connectivity index (χ1v) is 5.01. The predicted octanol–water partition coefficient (Wildman–Crippen LogP) is 2.20. The summed E-state index contributed by atoms with van der Waals surface area (Å²) < 4.78 is 0. The SMILES string of the molecule is Cc1ccc([C@@](C)(N)CCO)cc1Cl. The molecule has 14 heavy (non-hydrogen) atoms. The smallest absolute Gasteiger partial charge is 0.0451 e. The quantitative estimate of drug-likeness (QED) is 0.809. The Bertz CT molecular complexity index is 323. The molecule has 0 saturated carbocycles. The molecule has 1 aromatic carbocycles. The molecule has 0 amide bonds. The van der Waals surface area contributed by atoms with Crippen molar-refractivity contribution in [2.75, 3.05) is 6.61 Å². The van der Waals surface area contributed by atoms with Crippen LogP contribution in [-0.2, 0) is 5.54 Å². The second-order valence-electron chi connectivity index (χ2n) is 3.86. The van der Waals surface area contributed by atoms with Gasteiger partial charge in [-0.15, -0.1) is 0 Å². The van der Waals surface area contributed by atoms with Crippen molar-refractivity contribution in [2.45, 2.75) is 25.8 Å². The molecule has 1 rings (SSSR count). The van der Waals surface area contributed by atoms with Crippen molar-refractivity contribution in [3.8, 4) is 0 Å². The van der Waals surface area contributed by atoms with Crippen molar-refractivity contribution < 1.29 is 5.11 Å². The maximum atomic E-state index is 8.87. The van der Waals surface area contributed by atoms with Crippen molar-refractivity contribution >= 4 is 11.6 Å². The lowest BCUT2D eigenvalue weighted by molar-refractivity contribution is 0.247. The third-order valence-corrected chi connectivity index (χ3v) is 2.87. The van der Waals surface area contributed by atoms with E-state index in [1.807, 2.05) is 32.0 Å². The zero-order chi connectivity index (χ0) is 10.8. The number of aliphatic hydroxyl groups is 1. The summed E-state index contributed by atoms with van der Waals surface area (Å²) in [4.78, 5) is 0. The summed E-state index contributed by atoms with van der Waals surface area (Å²) in [5, 5.41) is 9.59. The normalized spacial score (nSPS) is 15.2. The lowest BCUT2D eigenvalue weighted by Gasteiger charge is -2.24. The number of aliphatic hydroxyl groups excluding tert-OH is 1. The lowest BCUT2D eigenvalue weighted by atomic mass is 9.90. The number of hydrogen-bond acceptors (Lipinski definition) is 2. The van der Waals surface area contributed by atoms with Gasteiger partial charge in [0.15, 0.2) is 0 Å². The second-order valence-corrected chi connectivity index (χ2v) is 4.26. The summed E-state index contributed by atoms with van der Waals surface area (Å²) >= 11 is 6.00. The van der Waals surface area contributed by atoms with E-state index in [-0.39, 0.29) is 6.61 Å². The molecule has 3 heteroatoms. The van der Waals surface area contributed by atoms with E-state index in [1.165, 1.54) is 0 Å². The van der Waals surface area contributed by atoms with E-state index in [4.69, 9.17) is 22.4 Å². The van der Waals surface area contributed by atoms with E-state index in [0.29, 0.717) is 6.42 Å². The summed E-state index contributed by atoms with van der Waals surface area (Å²) in [6.45, 7) is 3.93. The summed E-state index contributed by atoms with van der Waals surface area (Å²) in [6.07, 6.45) is 0.534. The van der Waals surface area contributed by atoms with Crippen LogP contribution < -0.4 is 5.73 Å². The molecule has 1 aromatic rings. The van der Waals surface area contributed by atoms with Crippen LogP contribution in [0.5, 0.6) is 0 Å². The fourth-order valence-electron chi connectivity index (χ4n) is 1.32. The first kappa shape index (κ1) is 11.5. The minimum atomic E-state index is -0.508. The minimum Gasteiger partial charge on any atom is -0.396 e. The number of halogens is 1. The van der Waals surface area contributed by atoms with Crippen LogP contribution in [0, 0.1) is 6.92 Å². The first-order valence-electron chi connectivity index (χ1n) is 4.64. The molecule has 0 aliphatic carbocycles. The predicted molar refractivity (Wildman–Crippen MR) is 59.4 cm³/mol. The summed E-state index contributed by atoms with van der Waals surface area (Å²) in [7, 11) is 0. The van der Waals surface area contributed by atoms with Crippen LogP contribution >= 0.6 is 11.6 Å². The van der Waals surface area contributed by atoms with Gasteiger partial charge in [0.1, 0.15) is 0 Å². The Morgan fingerprint density at radius 2 is 2.14 bits per heavy atom. The van der Waals surface area contributed by atoms with E-state index in [9.17, 15) is 0 Å². The Hall–Kier alpha value is -0.570. The van der Waals surface area contributed by atoms with Crippen LogP contribution in [0.25, 0.3) is 0 Å². The molecule has 1 atom stereocenters. The number of rotatable bonds is 3. The third-order valence-electron chi connectivity index (χ3n) is 2.46. The first-order chi connectivity index (χ1) is 6.47. The molecule has 0 saturated heterocycles. The van der Waals surface area contributed by atoms with Crippen LogP contribution in [0.3, 0.4) is 0 Å². The highest BCUT2D eigenvalue weighted by Gasteiger charge is 2.20. The Morgan fingerprint density at radius 3 is 2.64 bits per heavy atom. The zero-order valence-electron chi connectivity index (χ0n) is 8.55. The number of benzene rings is 1. The molecule has 0 fully saturated rings. The highest BCUT2D eigenvalue weighted by Crippen LogP contribution is 2.25. The molecule has 0 aliphatic rings. The maximum Gasteiger partial charge on any atom is 0.0451 e. The fourth-order valence-corrected chi connectivity index (χ4v) is 1.51. The Morgan fingerprint density at radius 1 is 1.50 bits per heavy atom. The molecule has 0 radical (unpaired) electrons. The van der Waals surface area contributed by atoms with Gasteiger partial charge in [0.05, 0.1) is 0 Å². The van der Waals surface area contributed by atoms with Crippen molar-refractivity contribution in [3.05, 3.63) is 34.3 Å². The zero-order valence-corrected chi connectivity index (χ0v) is 9.30. The van der Waals surface area contributed by atoms with E-state index in [2.05, 4.69) is 0 Å². The number of hydrogen-bond donors (Lipinski definition) is 2. The number of nitrogens with two attached hydrogens (primary N) is 1. The van der Waals surface area contributed by atoms with Gasteiger partial charge in [-0.05, 0) is 37.5 Å². The van der Waals surface area contributed by atoms with Gasteiger partial charge in [0, 0.05) is 17.2 Å². The van der Waals surface area contributed by atoms with Gasteiger partial charge in [-0.25, -0.2) is 0 Å². The molecular formula is C11H16ClNO. The Kier molecular flexibility index (Phi) is 3.53. The fraction of sp³-hybridized carbons (Fsp3) is 0.455. The molecule has 0 heterocycles. The van der Waals surface area contributed by atoms with Gasteiger partial charge in [0.2, 0.25) is 0 Å². The Balaban J connectivity index is 3.01. The largest absolute Gasteiger partial charge is 0.396 e. The summed E-state index contributed by atoms with van der Waals surface area (Å²) in [6, 6.07) is 5.77. The lowest BCUT2D eigenvalue weighted by Crippen LogP contribution is -2.34. The van der Waals surface area contributed by atoms with Crippen molar-refractivity contribution in [1.29, 1.82) is 0 Å². The van der Waals surface area contributed by atoms with Crippen LogP contribution in [0.15, 0.2) is 18.2 Å².